The molecule has 2 heteroatoms. The molecule has 0 unspecified atom stereocenters. The summed E-state index contributed by atoms with van der Waals surface area (Å²) in [5, 5.41) is 3.88. The van der Waals surface area contributed by atoms with Crippen molar-refractivity contribution in [3.63, 3.8) is 0 Å². The summed E-state index contributed by atoms with van der Waals surface area (Å²) in [4.78, 5) is 0. The Morgan fingerprint density at radius 1 is 1.40 bits per heavy atom. The van der Waals surface area contributed by atoms with Crippen LogP contribution in [0.15, 0.2) is 0 Å². The molecular formula is C8H21NSi. The van der Waals surface area contributed by atoms with E-state index in [4.69, 9.17) is 0 Å². The second-order valence-corrected chi connectivity index (χ2v) is 6.92. The van der Waals surface area contributed by atoms with Crippen LogP contribution in [0.2, 0.25) is 11.1 Å². The fourth-order valence-corrected chi connectivity index (χ4v) is 2.96. The van der Waals surface area contributed by atoms with Crippen LogP contribution in [-0.2, 0) is 0 Å². The van der Waals surface area contributed by atoms with Crippen molar-refractivity contribution in [2.75, 3.05) is 13.6 Å². The molecule has 10 heavy (non-hydrogen) atoms. The fraction of sp³-hybridized carbons (Fsp3) is 1.00. The van der Waals surface area contributed by atoms with Gasteiger partial charge in [0.25, 0.3) is 0 Å². The molecule has 62 valence electrons. The van der Waals surface area contributed by atoms with Crippen molar-refractivity contribution in [2.24, 2.45) is 0 Å². The Hall–Kier alpha value is 0.177. The smallest absolute Gasteiger partial charge is 0.0280 e. The molecule has 1 N–H and O–H groups in total. The van der Waals surface area contributed by atoms with Gasteiger partial charge in [0.15, 0.2) is 0 Å². The highest BCUT2D eigenvalue weighted by Gasteiger charge is 2.15. The minimum absolute atomic E-state index is 0.166. The lowest BCUT2D eigenvalue weighted by Gasteiger charge is -2.22. The van der Waals surface area contributed by atoms with Crippen LogP contribution in [0, 0.1) is 0 Å². The van der Waals surface area contributed by atoms with Gasteiger partial charge in [0.1, 0.15) is 0 Å². The van der Waals surface area contributed by atoms with Crippen molar-refractivity contribution in [3.8, 4) is 0 Å². The molecular weight excluding hydrogens is 138 g/mol. The van der Waals surface area contributed by atoms with Gasteiger partial charge >= 0.3 is 0 Å². The van der Waals surface area contributed by atoms with Gasteiger partial charge in [-0.25, -0.2) is 0 Å². The molecule has 0 spiro atoms. The van der Waals surface area contributed by atoms with Crippen molar-refractivity contribution in [1.82, 2.24) is 5.32 Å². The van der Waals surface area contributed by atoms with Crippen molar-refractivity contribution < 1.29 is 0 Å². The second-order valence-electron chi connectivity index (χ2n) is 3.80. The van der Waals surface area contributed by atoms with Crippen LogP contribution in [0.4, 0.5) is 0 Å². The normalized spacial score (nSPS) is 13.2. The minimum Gasteiger partial charge on any atom is -0.320 e. The van der Waals surface area contributed by atoms with Gasteiger partial charge in [-0.1, -0.05) is 33.2 Å². The Bertz CT molecular complexity index is 81.3. The third kappa shape index (κ3) is 5.00. The summed E-state index contributed by atoms with van der Waals surface area (Å²) in [6, 6.07) is 1.49. The molecule has 0 fully saturated rings. The maximum absolute atomic E-state index is 3.25. The first kappa shape index (κ1) is 10.2. The van der Waals surface area contributed by atoms with Crippen LogP contribution < -0.4 is 5.32 Å². The van der Waals surface area contributed by atoms with Crippen molar-refractivity contribution in [3.05, 3.63) is 0 Å². The van der Waals surface area contributed by atoms with E-state index in [1.807, 2.05) is 7.05 Å². The minimum atomic E-state index is 0.166. The monoisotopic (exact) mass is 159 g/mol. The van der Waals surface area contributed by atoms with Crippen LogP contribution in [0.1, 0.15) is 27.2 Å². The zero-order valence-corrected chi connectivity index (χ0v) is 9.24. The average molecular weight is 159 g/mol. The maximum Gasteiger partial charge on any atom is 0.0280 e. The maximum atomic E-state index is 3.25. The Balaban J connectivity index is 3.42. The first-order chi connectivity index (χ1) is 4.62. The third-order valence-electron chi connectivity index (χ3n) is 1.86. The largest absolute Gasteiger partial charge is 0.320 e. The van der Waals surface area contributed by atoms with E-state index in [0.29, 0.717) is 5.04 Å². The van der Waals surface area contributed by atoms with E-state index in [0.717, 1.165) is 0 Å². The lowest BCUT2D eigenvalue weighted by atomic mass is 10.2. The first-order valence-electron chi connectivity index (χ1n) is 4.27. The molecule has 1 nitrogen and oxygen atoms in total. The summed E-state index contributed by atoms with van der Waals surface area (Å²) >= 11 is 0. The molecule has 0 bridgehead atoms. The van der Waals surface area contributed by atoms with Gasteiger partial charge in [0, 0.05) is 9.52 Å². The van der Waals surface area contributed by atoms with E-state index in [9.17, 15) is 0 Å². The van der Waals surface area contributed by atoms with Crippen molar-refractivity contribution >= 4 is 9.52 Å². The van der Waals surface area contributed by atoms with Crippen molar-refractivity contribution in [1.29, 1.82) is 0 Å². The van der Waals surface area contributed by atoms with E-state index < -0.39 is 0 Å². The van der Waals surface area contributed by atoms with Crippen molar-refractivity contribution in [2.45, 2.75) is 38.3 Å². The van der Waals surface area contributed by atoms with Crippen LogP contribution in [-0.4, -0.2) is 23.1 Å². The highest BCUT2D eigenvalue weighted by molar-refractivity contribution is 6.39. The molecule has 0 saturated carbocycles. The topological polar surface area (TPSA) is 12.0 Å². The second kappa shape index (κ2) is 4.91. The van der Waals surface area contributed by atoms with E-state index in [2.05, 4.69) is 26.1 Å². The quantitative estimate of drug-likeness (QED) is 0.598. The lowest BCUT2D eigenvalue weighted by Crippen LogP contribution is -2.25. The lowest BCUT2D eigenvalue weighted by molar-refractivity contribution is 0.607. The predicted octanol–water partition coefficient (Wildman–Crippen LogP) is 1.40. The van der Waals surface area contributed by atoms with Gasteiger partial charge in [-0.2, -0.15) is 0 Å². The van der Waals surface area contributed by atoms with Crippen LogP contribution in [0.3, 0.4) is 0 Å². The fourth-order valence-electron chi connectivity index (χ4n) is 1.22. The summed E-state index contributed by atoms with van der Waals surface area (Å²) < 4.78 is 0. The Kier molecular flexibility index (Phi) is 5.00. The average Bonchev–Trinajstić information content (AvgIpc) is 1.84. The van der Waals surface area contributed by atoms with Gasteiger partial charge in [-0.15, -0.1) is 0 Å². The molecule has 0 rings (SSSR count). The number of hydrogen-bond donors (Lipinski definition) is 1. The van der Waals surface area contributed by atoms with Gasteiger partial charge in [-0.05, 0) is 18.6 Å². The predicted molar refractivity (Wildman–Crippen MR) is 51.6 cm³/mol. The Morgan fingerprint density at radius 2 is 2.00 bits per heavy atom. The van der Waals surface area contributed by atoms with Crippen LogP contribution in [0.5, 0.6) is 0 Å². The molecule has 0 aliphatic carbocycles. The molecule has 0 atom stereocenters. The van der Waals surface area contributed by atoms with Gasteiger partial charge < -0.3 is 5.32 Å². The number of rotatable bonds is 5. The van der Waals surface area contributed by atoms with E-state index in [-0.39, 0.29) is 9.52 Å². The number of nitrogens with one attached hydrogen (secondary N) is 1. The summed E-state index contributed by atoms with van der Waals surface area (Å²) in [6.07, 6.45) is 1.37. The summed E-state index contributed by atoms with van der Waals surface area (Å²) in [5.41, 5.74) is 0. The Labute approximate surface area is 67.4 Å². The van der Waals surface area contributed by atoms with Crippen LogP contribution in [0.25, 0.3) is 0 Å². The summed E-state index contributed by atoms with van der Waals surface area (Å²) in [6.45, 7) is 8.23. The summed E-state index contributed by atoms with van der Waals surface area (Å²) in [5.74, 6) is 0. The van der Waals surface area contributed by atoms with Gasteiger partial charge in [0.2, 0.25) is 0 Å². The standard InChI is InChI=1S/C8H21NSi/c1-5-6-10-8(2,3)7-9-4/h9H,5-7,10H2,1-4H3. The van der Waals surface area contributed by atoms with E-state index >= 15 is 0 Å². The molecule has 0 radical (unpaired) electrons. The molecule has 0 aromatic carbocycles. The zero-order valence-electron chi connectivity index (χ0n) is 7.83. The zero-order chi connectivity index (χ0) is 8.04. The molecule has 0 aromatic rings. The molecule has 0 saturated heterocycles. The first-order valence-corrected chi connectivity index (χ1v) is 5.97. The Morgan fingerprint density at radius 3 is 2.40 bits per heavy atom. The highest BCUT2D eigenvalue weighted by atomic mass is 28.2. The third-order valence-corrected chi connectivity index (χ3v) is 4.53. The number of hydrogen-bond acceptors (Lipinski definition) is 1. The van der Waals surface area contributed by atoms with Crippen LogP contribution >= 0.6 is 0 Å². The summed E-state index contributed by atoms with van der Waals surface area (Å²) in [7, 11) is 2.21. The molecule has 0 aliphatic rings. The van der Waals surface area contributed by atoms with E-state index in [1.165, 1.54) is 19.0 Å². The molecule has 0 amide bonds. The van der Waals surface area contributed by atoms with Gasteiger partial charge in [-0.3, -0.25) is 0 Å². The SMILES string of the molecule is CCC[SiH2]C(C)(C)CNC. The highest BCUT2D eigenvalue weighted by Crippen LogP contribution is 2.22. The molecule has 0 heterocycles. The van der Waals surface area contributed by atoms with E-state index in [1.54, 1.807) is 0 Å². The molecule has 0 aromatic heterocycles. The molecule has 0 aliphatic heterocycles. The van der Waals surface area contributed by atoms with Gasteiger partial charge in [0.05, 0.1) is 0 Å².